The minimum atomic E-state index is 0.0259. The zero-order chi connectivity index (χ0) is 19.1. The van der Waals surface area contributed by atoms with Crippen molar-refractivity contribution in [1.29, 1.82) is 0 Å². The van der Waals surface area contributed by atoms with Crippen LogP contribution in [0.25, 0.3) is 10.6 Å². The molecule has 8 heteroatoms. The predicted octanol–water partition coefficient (Wildman–Crippen LogP) is 4.48. The average molecular weight is 414 g/mol. The molecule has 1 atom stereocenters. The number of hydrogen-bond acceptors (Lipinski definition) is 6. The molecule has 5 heterocycles. The summed E-state index contributed by atoms with van der Waals surface area (Å²) in [6.45, 7) is 3.68. The van der Waals surface area contributed by atoms with E-state index in [2.05, 4.69) is 31.2 Å². The molecule has 1 amide bonds. The molecular formula is C20H23N5OS2. The number of aryl methyl sites for hydroxylation is 2. The van der Waals surface area contributed by atoms with Crippen LogP contribution in [0.5, 0.6) is 0 Å². The number of hydrogen-bond donors (Lipinski definition) is 0. The van der Waals surface area contributed by atoms with Crippen molar-refractivity contribution in [1.82, 2.24) is 24.6 Å². The molecule has 0 radical (unpaired) electrons. The summed E-state index contributed by atoms with van der Waals surface area (Å²) in [5, 5.41) is 14.0. The Labute approximate surface area is 172 Å². The first-order chi connectivity index (χ1) is 13.7. The first-order valence-corrected chi connectivity index (χ1v) is 11.7. The molecule has 146 valence electrons. The van der Waals surface area contributed by atoms with Crippen LogP contribution in [0, 0.1) is 6.92 Å². The molecule has 0 bridgehead atoms. The van der Waals surface area contributed by atoms with Crippen LogP contribution < -0.4 is 0 Å². The fourth-order valence-electron chi connectivity index (χ4n) is 4.27. The lowest BCUT2D eigenvalue weighted by Gasteiger charge is -2.24. The average Bonchev–Trinajstić information content (AvgIpc) is 3.46. The van der Waals surface area contributed by atoms with Crippen molar-refractivity contribution < 1.29 is 4.79 Å². The summed E-state index contributed by atoms with van der Waals surface area (Å²) >= 11 is 3.16. The highest BCUT2D eigenvalue weighted by Crippen LogP contribution is 2.36. The van der Waals surface area contributed by atoms with Crippen molar-refractivity contribution in [3.8, 4) is 10.6 Å². The second-order valence-electron chi connectivity index (χ2n) is 7.54. The van der Waals surface area contributed by atoms with Crippen LogP contribution in [0.3, 0.4) is 0 Å². The van der Waals surface area contributed by atoms with Gasteiger partial charge in [-0.1, -0.05) is 6.42 Å². The standard InChI is InChI=1S/C20H23N5OS2/c1-13-17(28-19(21-13)14-8-11-27-12-14)20(26)24-10-5-6-15(24)18-23-22-16-7-3-2-4-9-25(16)18/h8,11-12,15H,2-7,9-10H2,1H3/t15-/m0/s1. The van der Waals surface area contributed by atoms with E-state index in [9.17, 15) is 4.79 Å². The topological polar surface area (TPSA) is 63.9 Å². The minimum Gasteiger partial charge on any atom is -0.328 e. The lowest BCUT2D eigenvalue weighted by Crippen LogP contribution is -2.32. The van der Waals surface area contributed by atoms with Gasteiger partial charge in [0, 0.05) is 30.5 Å². The first kappa shape index (κ1) is 18.0. The van der Waals surface area contributed by atoms with E-state index in [4.69, 9.17) is 0 Å². The normalized spacial score (nSPS) is 19.6. The Morgan fingerprint density at radius 1 is 1.18 bits per heavy atom. The number of amides is 1. The number of nitrogens with zero attached hydrogens (tertiary/aromatic N) is 5. The van der Waals surface area contributed by atoms with Crippen molar-refractivity contribution in [3.63, 3.8) is 0 Å². The fraction of sp³-hybridized carbons (Fsp3) is 0.500. The highest BCUT2D eigenvalue weighted by Gasteiger charge is 2.36. The van der Waals surface area contributed by atoms with Crippen molar-refractivity contribution in [2.45, 2.75) is 58.0 Å². The number of thiophene rings is 1. The maximum Gasteiger partial charge on any atom is 0.266 e. The van der Waals surface area contributed by atoms with E-state index >= 15 is 0 Å². The predicted molar refractivity (Wildman–Crippen MR) is 111 cm³/mol. The number of aromatic nitrogens is 4. The summed E-state index contributed by atoms with van der Waals surface area (Å²) in [5.74, 6) is 2.15. The van der Waals surface area contributed by atoms with Gasteiger partial charge in [0.2, 0.25) is 0 Å². The number of carbonyl (C=O) groups excluding carboxylic acids is 1. The second kappa shape index (κ2) is 7.40. The summed E-state index contributed by atoms with van der Waals surface area (Å²) in [5.41, 5.74) is 1.92. The zero-order valence-corrected chi connectivity index (χ0v) is 17.6. The molecule has 6 nitrogen and oxygen atoms in total. The summed E-state index contributed by atoms with van der Waals surface area (Å²) < 4.78 is 2.28. The smallest absolute Gasteiger partial charge is 0.266 e. The van der Waals surface area contributed by atoms with Gasteiger partial charge in [0.1, 0.15) is 15.7 Å². The molecule has 2 aliphatic heterocycles. The molecule has 28 heavy (non-hydrogen) atoms. The van der Waals surface area contributed by atoms with Crippen LogP contribution >= 0.6 is 22.7 Å². The Balaban J connectivity index is 1.45. The summed E-state index contributed by atoms with van der Waals surface area (Å²) in [7, 11) is 0. The van der Waals surface area contributed by atoms with E-state index < -0.39 is 0 Å². The Hall–Kier alpha value is -2.06. The van der Waals surface area contributed by atoms with E-state index in [-0.39, 0.29) is 11.9 Å². The van der Waals surface area contributed by atoms with Crippen molar-refractivity contribution in [3.05, 3.63) is 39.0 Å². The van der Waals surface area contributed by atoms with Gasteiger partial charge in [0.15, 0.2) is 5.82 Å². The monoisotopic (exact) mass is 413 g/mol. The minimum absolute atomic E-state index is 0.0259. The van der Waals surface area contributed by atoms with E-state index in [0.717, 1.165) is 71.6 Å². The number of thiazole rings is 1. The second-order valence-corrected chi connectivity index (χ2v) is 9.32. The highest BCUT2D eigenvalue weighted by atomic mass is 32.1. The molecule has 0 aliphatic carbocycles. The Morgan fingerprint density at radius 2 is 2.11 bits per heavy atom. The van der Waals surface area contributed by atoms with Crippen LogP contribution in [0.4, 0.5) is 0 Å². The van der Waals surface area contributed by atoms with Crippen LogP contribution in [0.2, 0.25) is 0 Å². The Morgan fingerprint density at radius 3 is 2.96 bits per heavy atom. The fourth-order valence-corrected chi connectivity index (χ4v) is 6.00. The number of fused-ring (bicyclic) bond motifs is 1. The van der Waals surface area contributed by atoms with E-state index in [1.54, 1.807) is 11.3 Å². The Kier molecular flexibility index (Phi) is 4.76. The number of carbonyl (C=O) groups is 1. The molecule has 0 saturated carbocycles. The van der Waals surface area contributed by atoms with Gasteiger partial charge in [-0.05, 0) is 44.1 Å². The molecule has 1 fully saturated rings. The van der Waals surface area contributed by atoms with Crippen LogP contribution in [-0.4, -0.2) is 37.1 Å². The van der Waals surface area contributed by atoms with Gasteiger partial charge in [-0.25, -0.2) is 4.98 Å². The zero-order valence-electron chi connectivity index (χ0n) is 15.9. The van der Waals surface area contributed by atoms with Crippen molar-refractivity contribution >= 4 is 28.6 Å². The SMILES string of the molecule is Cc1nc(-c2ccsc2)sc1C(=O)N1CCC[C@H]1c1nnc2n1CCCCC2. The molecule has 3 aromatic rings. The van der Waals surface area contributed by atoms with Gasteiger partial charge in [0.25, 0.3) is 5.91 Å². The van der Waals surface area contributed by atoms with E-state index in [0.29, 0.717) is 0 Å². The summed E-state index contributed by atoms with van der Waals surface area (Å²) in [6.07, 6.45) is 6.54. The third kappa shape index (κ3) is 3.08. The summed E-state index contributed by atoms with van der Waals surface area (Å²) in [6, 6.07) is 2.08. The van der Waals surface area contributed by atoms with Crippen molar-refractivity contribution in [2.24, 2.45) is 0 Å². The largest absolute Gasteiger partial charge is 0.328 e. The van der Waals surface area contributed by atoms with Gasteiger partial charge in [-0.15, -0.1) is 21.5 Å². The molecule has 0 N–H and O–H groups in total. The van der Waals surface area contributed by atoms with Crippen LogP contribution in [0.1, 0.15) is 65.2 Å². The molecule has 2 aliphatic rings. The summed E-state index contributed by atoms with van der Waals surface area (Å²) in [4.78, 5) is 20.8. The van der Waals surface area contributed by atoms with Gasteiger partial charge >= 0.3 is 0 Å². The molecular weight excluding hydrogens is 390 g/mol. The van der Waals surface area contributed by atoms with Crippen LogP contribution in [-0.2, 0) is 13.0 Å². The lowest BCUT2D eigenvalue weighted by atomic mass is 10.2. The van der Waals surface area contributed by atoms with E-state index in [1.165, 1.54) is 24.2 Å². The first-order valence-electron chi connectivity index (χ1n) is 9.95. The molecule has 0 spiro atoms. The molecule has 0 aromatic carbocycles. The highest BCUT2D eigenvalue weighted by molar-refractivity contribution is 7.17. The van der Waals surface area contributed by atoms with Gasteiger partial charge in [-0.3, -0.25) is 4.79 Å². The maximum absolute atomic E-state index is 13.4. The van der Waals surface area contributed by atoms with Gasteiger partial charge in [0.05, 0.1) is 11.7 Å². The van der Waals surface area contributed by atoms with Gasteiger partial charge in [-0.2, -0.15) is 11.3 Å². The van der Waals surface area contributed by atoms with Crippen molar-refractivity contribution in [2.75, 3.05) is 6.54 Å². The Bertz CT molecular complexity index is 991. The molecule has 1 saturated heterocycles. The van der Waals surface area contributed by atoms with E-state index in [1.807, 2.05) is 17.2 Å². The maximum atomic E-state index is 13.4. The number of likely N-dealkylation sites (tertiary alicyclic amines) is 1. The number of rotatable bonds is 3. The third-order valence-electron chi connectivity index (χ3n) is 5.71. The van der Waals surface area contributed by atoms with Gasteiger partial charge < -0.3 is 9.47 Å². The quantitative estimate of drug-likeness (QED) is 0.635. The molecule has 5 rings (SSSR count). The van der Waals surface area contributed by atoms with Crippen LogP contribution in [0.15, 0.2) is 16.8 Å². The molecule has 3 aromatic heterocycles. The third-order valence-corrected chi connectivity index (χ3v) is 7.59. The molecule has 0 unspecified atom stereocenters. The lowest BCUT2D eigenvalue weighted by molar-refractivity contribution is 0.0731.